The first-order chi connectivity index (χ1) is 4.51. The maximum absolute atomic E-state index is 5.67. The summed E-state index contributed by atoms with van der Waals surface area (Å²) in [4.78, 5) is 3.69. The third kappa shape index (κ3) is 2.03. The van der Waals surface area contributed by atoms with Gasteiger partial charge in [0.25, 0.3) is 0 Å². The monoisotopic (exact) mass is 217 g/mol. The molecule has 0 aliphatic carbocycles. The van der Waals surface area contributed by atoms with Crippen LogP contribution in [0.4, 0.5) is 0 Å². The van der Waals surface area contributed by atoms with E-state index in [2.05, 4.69) is 4.99 Å². The SMILES string of the molecule is ClC1=C(Cl)N=CC(Cl)(Cl)C1. The molecule has 0 N–H and O–H groups in total. The van der Waals surface area contributed by atoms with E-state index >= 15 is 0 Å². The van der Waals surface area contributed by atoms with Crippen molar-refractivity contribution in [2.45, 2.75) is 10.8 Å². The van der Waals surface area contributed by atoms with Crippen molar-refractivity contribution in [1.29, 1.82) is 0 Å². The molecule has 0 aromatic carbocycles. The van der Waals surface area contributed by atoms with Gasteiger partial charge in [0, 0.05) is 12.6 Å². The van der Waals surface area contributed by atoms with E-state index in [-0.39, 0.29) is 5.16 Å². The van der Waals surface area contributed by atoms with Gasteiger partial charge in [-0.2, -0.15) is 0 Å². The van der Waals surface area contributed by atoms with Gasteiger partial charge in [0.15, 0.2) is 4.33 Å². The molecule has 0 saturated carbocycles. The fraction of sp³-hybridized carbons (Fsp3) is 0.400. The third-order valence-electron chi connectivity index (χ3n) is 0.982. The highest BCUT2D eigenvalue weighted by Gasteiger charge is 2.27. The molecule has 10 heavy (non-hydrogen) atoms. The number of rotatable bonds is 0. The Kier molecular flexibility index (Phi) is 2.51. The lowest BCUT2D eigenvalue weighted by molar-refractivity contribution is 0.989. The van der Waals surface area contributed by atoms with Gasteiger partial charge in [0.1, 0.15) is 5.16 Å². The topological polar surface area (TPSA) is 12.4 Å². The van der Waals surface area contributed by atoms with Crippen molar-refractivity contribution in [1.82, 2.24) is 0 Å². The minimum Gasteiger partial charge on any atom is -0.245 e. The zero-order chi connectivity index (χ0) is 7.78. The maximum Gasteiger partial charge on any atom is 0.158 e. The van der Waals surface area contributed by atoms with Crippen LogP contribution in [0.1, 0.15) is 6.42 Å². The first kappa shape index (κ1) is 8.66. The molecule has 0 atom stereocenters. The van der Waals surface area contributed by atoms with Crippen LogP contribution in [0.25, 0.3) is 0 Å². The number of aliphatic imine (C=N–C) groups is 1. The molecule has 0 saturated heterocycles. The highest BCUT2D eigenvalue weighted by atomic mass is 35.5. The van der Waals surface area contributed by atoms with E-state index in [4.69, 9.17) is 46.4 Å². The molecule has 5 heteroatoms. The standard InChI is InChI=1S/C5H3Cl4N/c6-3-1-5(8,9)2-10-4(3)7/h2H,1H2. The van der Waals surface area contributed by atoms with Crippen molar-refractivity contribution in [3.8, 4) is 0 Å². The second-order valence-corrected chi connectivity index (χ2v) is 4.25. The molecule has 0 radical (unpaired) electrons. The average Bonchev–Trinajstić information content (AvgIpc) is 1.79. The molecule has 1 heterocycles. The van der Waals surface area contributed by atoms with Gasteiger partial charge in [0.2, 0.25) is 0 Å². The van der Waals surface area contributed by atoms with E-state index in [9.17, 15) is 0 Å². The molecule has 0 bridgehead atoms. The number of alkyl halides is 2. The van der Waals surface area contributed by atoms with Crippen molar-refractivity contribution in [2.75, 3.05) is 0 Å². The van der Waals surface area contributed by atoms with Crippen LogP contribution in [0.3, 0.4) is 0 Å². The van der Waals surface area contributed by atoms with E-state index in [1.165, 1.54) is 6.21 Å². The van der Waals surface area contributed by atoms with Gasteiger partial charge in [-0.05, 0) is 0 Å². The van der Waals surface area contributed by atoms with Crippen LogP contribution in [0, 0.1) is 0 Å². The van der Waals surface area contributed by atoms with Crippen molar-refractivity contribution in [3.05, 3.63) is 10.2 Å². The summed E-state index contributed by atoms with van der Waals surface area (Å²) in [7, 11) is 0. The molecule has 0 aromatic rings. The van der Waals surface area contributed by atoms with E-state index in [0.29, 0.717) is 11.5 Å². The minimum absolute atomic E-state index is 0.263. The molecule has 1 nitrogen and oxygen atoms in total. The largest absolute Gasteiger partial charge is 0.245 e. The van der Waals surface area contributed by atoms with Gasteiger partial charge in [-0.25, -0.2) is 4.99 Å². The summed E-state index contributed by atoms with van der Waals surface area (Å²) in [5.74, 6) is 0. The van der Waals surface area contributed by atoms with Crippen molar-refractivity contribution in [3.63, 3.8) is 0 Å². The lowest BCUT2D eigenvalue weighted by Gasteiger charge is -2.16. The van der Waals surface area contributed by atoms with Gasteiger partial charge >= 0.3 is 0 Å². The zero-order valence-electron chi connectivity index (χ0n) is 4.74. The molecule has 0 spiro atoms. The van der Waals surface area contributed by atoms with E-state index < -0.39 is 4.33 Å². The second kappa shape index (κ2) is 2.90. The molecular weight excluding hydrogens is 216 g/mol. The normalized spacial score (nSPS) is 23.6. The number of allylic oxidation sites excluding steroid dienone is 1. The molecule has 0 aromatic heterocycles. The number of nitrogens with zero attached hydrogens (tertiary/aromatic N) is 1. The van der Waals surface area contributed by atoms with Crippen LogP contribution in [0.5, 0.6) is 0 Å². The van der Waals surface area contributed by atoms with Crippen LogP contribution < -0.4 is 0 Å². The Morgan fingerprint density at radius 2 is 2.00 bits per heavy atom. The summed E-state index contributed by atoms with van der Waals surface area (Å²) >= 11 is 22.5. The Balaban J connectivity index is 2.85. The van der Waals surface area contributed by atoms with Gasteiger partial charge in [-0.1, -0.05) is 46.4 Å². The van der Waals surface area contributed by atoms with Gasteiger partial charge in [-0.3, -0.25) is 0 Å². The van der Waals surface area contributed by atoms with Crippen molar-refractivity contribution < 1.29 is 0 Å². The Morgan fingerprint density at radius 3 is 2.40 bits per heavy atom. The molecule has 1 aliphatic heterocycles. The summed E-state index contributed by atoms with van der Waals surface area (Å²) in [6.45, 7) is 0. The summed E-state index contributed by atoms with van der Waals surface area (Å²) in [6, 6.07) is 0. The molecular formula is C5H3Cl4N. The van der Waals surface area contributed by atoms with Crippen LogP contribution in [-0.2, 0) is 0 Å². The Labute approximate surface area is 78.6 Å². The lowest BCUT2D eigenvalue weighted by atomic mass is 10.3. The Morgan fingerprint density at radius 1 is 1.40 bits per heavy atom. The summed E-state index contributed by atoms with van der Waals surface area (Å²) < 4.78 is -0.991. The maximum atomic E-state index is 5.67. The minimum atomic E-state index is -0.991. The predicted molar refractivity (Wildman–Crippen MR) is 46.3 cm³/mol. The Bertz CT molecular complexity index is 206. The fourth-order valence-corrected chi connectivity index (χ4v) is 1.42. The molecule has 0 amide bonds. The first-order valence-corrected chi connectivity index (χ1v) is 4.00. The highest BCUT2D eigenvalue weighted by Crippen LogP contribution is 2.35. The highest BCUT2D eigenvalue weighted by molar-refractivity contribution is 6.57. The van der Waals surface area contributed by atoms with Gasteiger partial charge in [-0.15, -0.1) is 0 Å². The smallest absolute Gasteiger partial charge is 0.158 e. The average molecular weight is 219 g/mol. The lowest BCUT2D eigenvalue weighted by Crippen LogP contribution is -2.17. The number of halogens is 4. The second-order valence-electron chi connectivity index (χ2n) is 1.89. The van der Waals surface area contributed by atoms with Gasteiger partial charge in [0.05, 0.1) is 5.03 Å². The zero-order valence-corrected chi connectivity index (χ0v) is 7.77. The van der Waals surface area contributed by atoms with E-state index in [0.717, 1.165) is 0 Å². The molecule has 1 aliphatic rings. The molecule has 56 valence electrons. The van der Waals surface area contributed by atoms with Gasteiger partial charge < -0.3 is 0 Å². The first-order valence-electron chi connectivity index (χ1n) is 2.48. The molecule has 0 unspecified atom stereocenters. The van der Waals surface area contributed by atoms with Crippen LogP contribution in [-0.4, -0.2) is 10.5 Å². The fourth-order valence-electron chi connectivity index (χ4n) is 0.547. The predicted octanol–water partition coefficient (Wildman–Crippen LogP) is 3.28. The summed E-state index contributed by atoms with van der Waals surface area (Å²) in [5.41, 5.74) is 0. The molecule has 0 fully saturated rings. The van der Waals surface area contributed by atoms with Crippen molar-refractivity contribution in [2.24, 2.45) is 4.99 Å². The van der Waals surface area contributed by atoms with E-state index in [1.807, 2.05) is 0 Å². The van der Waals surface area contributed by atoms with E-state index in [1.54, 1.807) is 0 Å². The quantitative estimate of drug-likeness (QED) is 0.437. The summed E-state index contributed by atoms with van der Waals surface area (Å²) in [6.07, 6.45) is 1.68. The van der Waals surface area contributed by atoms with Crippen molar-refractivity contribution >= 4 is 52.6 Å². The number of hydrogen-bond donors (Lipinski definition) is 0. The third-order valence-corrected chi connectivity index (χ3v) is 2.18. The van der Waals surface area contributed by atoms with Crippen LogP contribution >= 0.6 is 46.4 Å². The Hall–Kier alpha value is 0.570. The number of hydrogen-bond acceptors (Lipinski definition) is 1. The summed E-state index contributed by atoms with van der Waals surface area (Å²) in [5, 5.41) is 0.660. The van der Waals surface area contributed by atoms with Crippen LogP contribution in [0.15, 0.2) is 15.2 Å². The molecule has 1 rings (SSSR count). The van der Waals surface area contributed by atoms with Crippen LogP contribution in [0.2, 0.25) is 0 Å².